The van der Waals surface area contributed by atoms with E-state index in [-0.39, 0.29) is 18.1 Å². The van der Waals surface area contributed by atoms with Crippen molar-refractivity contribution in [1.29, 1.82) is 0 Å². The van der Waals surface area contributed by atoms with Crippen LogP contribution in [0.5, 0.6) is 0 Å². The molecule has 2 nitrogen and oxygen atoms in total. The van der Waals surface area contributed by atoms with Gasteiger partial charge in [0.2, 0.25) is 0 Å². The molecule has 0 aliphatic heterocycles. The first-order valence-electron chi connectivity index (χ1n) is 5.81. The highest BCUT2D eigenvalue weighted by atomic mass is 16.3. The van der Waals surface area contributed by atoms with Crippen LogP contribution in [0.15, 0.2) is 18.2 Å². The first-order valence-corrected chi connectivity index (χ1v) is 5.81. The first-order chi connectivity index (χ1) is 7.34. The molecule has 1 rings (SSSR count). The number of benzene rings is 1. The topological polar surface area (TPSA) is 46.2 Å². The van der Waals surface area contributed by atoms with Crippen LogP contribution < -0.4 is 5.73 Å². The van der Waals surface area contributed by atoms with Gasteiger partial charge in [0.25, 0.3) is 0 Å². The molecule has 2 heteroatoms. The van der Waals surface area contributed by atoms with Gasteiger partial charge in [-0.3, -0.25) is 0 Å². The Balaban J connectivity index is 2.92. The minimum Gasteiger partial charge on any atom is -0.395 e. The monoisotopic (exact) mass is 221 g/mol. The molecule has 1 unspecified atom stereocenters. The van der Waals surface area contributed by atoms with Crippen LogP contribution in [-0.4, -0.2) is 17.8 Å². The molecular formula is C14H23NO. The average Bonchev–Trinajstić information content (AvgIpc) is 2.19. The summed E-state index contributed by atoms with van der Waals surface area (Å²) >= 11 is 0. The first kappa shape index (κ1) is 13.2. The van der Waals surface area contributed by atoms with Gasteiger partial charge in [-0.15, -0.1) is 0 Å². The van der Waals surface area contributed by atoms with Crippen LogP contribution in [0.1, 0.15) is 37.5 Å². The molecule has 0 bridgehead atoms. The van der Waals surface area contributed by atoms with Gasteiger partial charge in [0.15, 0.2) is 0 Å². The van der Waals surface area contributed by atoms with E-state index in [9.17, 15) is 0 Å². The van der Waals surface area contributed by atoms with Crippen molar-refractivity contribution in [3.05, 3.63) is 34.9 Å². The van der Waals surface area contributed by atoms with Crippen molar-refractivity contribution in [2.45, 2.75) is 45.6 Å². The molecule has 0 amide bonds. The molecule has 0 aromatic heterocycles. The second-order valence-corrected chi connectivity index (χ2v) is 5.54. The van der Waals surface area contributed by atoms with Crippen molar-refractivity contribution in [2.24, 2.45) is 5.73 Å². The molecule has 0 saturated carbocycles. The zero-order valence-electron chi connectivity index (χ0n) is 10.7. The average molecular weight is 221 g/mol. The fourth-order valence-electron chi connectivity index (χ4n) is 1.74. The van der Waals surface area contributed by atoms with Crippen LogP contribution in [0.4, 0.5) is 0 Å². The third-order valence-corrected chi connectivity index (χ3v) is 2.93. The third-order valence-electron chi connectivity index (χ3n) is 2.93. The Morgan fingerprint density at radius 3 is 2.38 bits per heavy atom. The zero-order chi connectivity index (χ0) is 12.3. The van der Waals surface area contributed by atoms with Crippen molar-refractivity contribution in [1.82, 2.24) is 0 Å². The van der Waals surface area contributed by atoms with Gasteiger partial charge in [-0.2, -0.15) is 0 Å². The van der Waals surface area contributed by atoms with E-state index in [1.807, 2.05) is 0 Å². The highest BCUT2D eigenvalue weighted by Crippen LogP contribution is 2.24. The second-order valence-electron chi connectivity index (χ2n) is 5.54. The van der Waals surface area contributed by atoms with E-state index in [1.54, 1.807) is 0 Å². The molecular weight excluding hydrogens is 198 g/mol. The molecule has 90 valence electrons. The van der Waals surface area contributed by atoms with Crippen molar-refractivity contribution >= 4 is 0 Å². The Hall–Kier alpha value is -0.860. The summed E-state index contributed by atoms with van der Waals surface area (Å²) in [7, 11) is 0. The number of nitrogens with two attached hydrogens (primary N) is 1. The lowest BCUT2D eigenvalue weighted by atomic mass is 9.85. The van der Waals surface area contributed by atoms with Crippen LogP contribution in [0.2, 0.25) is 0 Å². The lowest BCUT2D eigenvalue weighted by Crippen LogP contribution is -2.27. The van der Waals surface area contributed by atoms with Crippen molar-refractivity contribution < 1.29 is 5.11 Å². The van der Waals surface area contributed by atoms with Crippen LogP contribution >= 0.6 is 0 Å². The largest absolute Gasteiger partial charge is 0.395 e. The normalized spacial score (nSPS) is 13.9. The summed E-state index contributed by atoms with van der Waals surface area (Å²) in [4.78, 5) is 0. The molecule has 1 aromatic carbocycles. The van der Waals surface area contributed by atoms with Crippen LogP contribution in [-0.2, 0) is 11.8 Å². The fraction of sp³-hybridized carbons (Fsp3) is 0.571. The minimum absolute atomic E-state index is 0.0421. The van der Waals surface area contributed by atoms with Crippen molar-refractivity contribution in [3.63, 3.8) is 0 Å². The Labute approximate surface area is 98.5 Å². The summed E-state index contributed by atoms with van der Waals surface area (Å²) in [5.41, 5.74) is 9.76. The summed E-state index contributed by atoms with van der Waals surface area (Å²) in [6.45, 7) is 8.78. The van der Waals surface area contributed by atoms with Crippen LogP contribution in [0.25, 0.3) is 0 Å². The molecule has 3 N–H and O–H groups in total. The number of aryl methyl sites for hydroxylation is 1. The maximum Gasteiger partial charge on any atom is 0.0585 e. The smallest absolute Gasteiger partial charge is 0.0585 e. The summed E-state index contributed by atoms with van der Waals surface area (Å²) in [5, 5.41) is 8.95. The molecule has 0 aliphatic rings. The summed E-state index contributed by atoms with van der Waals surface area (Å²) < 4.78 is 0. The van der Waals surface area contributed by atoms with E-state index in [0.29, 0.717) is 0 Å². The van der Waals surface area contributed by atoms with E-state index < -0.39 is 0 Å². The van der Waals surface area contributed by atoms with Gasteiger partial charge in [0, 0.05) is 6.04 Å². The van der Waals surface area contributed by atoms with Crippen LogP contribution in [0, 0.1) is 6.92 Å². The van der Waals surface area contributed by atoms with E-state index in [4.69, 9.17) is 10.8 Å². The summed E-state index contributed by atoms with van der Waals surface area (Å²) in [5.74, 6) is 0. The molecule has 16 heavy (non-hydrogen) atoms. The molecule has 0 aliphatic carbocycles. The molecule has 0 spiro atoms. The minimum atomic E-state index is -0.154. The highest BCUT2D eigenvalue weighted by Gasteiger charge is 2.14. The fourth-order valence-corrected chi connectivity index (χ4v) is 1.74. The Bertz CT molecular complexity index is 352. The standard InChI is InChI=1S/C14H23NO/c1-10-7-12(14(2,3)4)6-5-11(10)8-13(15)9-16/h5-7,13,16H,8-9,15H2,1-4H3. The maximum atomic E-state index is 8.95. The number of aliphatic hydroxyl groups excluding tert-OH is 1. The number of aliphatic hydroxyl groups is 1. The van der Waals surface area contributed by atoms with Gasteiger partial charge < -0.3 is 10.8 Å². The molecule has 0 fully saturated rings. The van der Waals surface area contributed by atoms with Gasteiger partial charge in [-0.25, -0.2) is 0 Å². The molecule has 1 aromatic rings. The lowest BCUT2D eigenvalue weighted by Gasteiger charge is -2.21. The number of hydrogen-bond acceptors (Lipinski definition) is 2. The maximum absolute atomic E-state index is 8.95. The molecule has 0 saturated heterocycles. The molecule has 0 heterocycles. The second kappa shape index (κ2) is 4.98. The Kier molecular flexibility index (Phi) is 4.11. The van der Waals surface area contributed by atoms with Crippen LogP contribution in [0.3, 0.4) is 0 Å². The lowest BCUT2D eigenvalue weighted by molar-refractivity contribution is 0.265. The SMILES string of the molecule is Cc1cc(C(C)(C)C)ccc1CC(N)CO. The Morgan fingerprint density at radius 2 is 1.94 bits per heavy atom. The van der Waals surface area contributed by atoms with E-state index in [1.165, 1.54) is 16.7 Å². The number of hydrogen-bond donors (Lipinski definition) is 2. The quantitative estimate of drug-likeness (QED) is 0.821. The zero-order valence-corrected chi connectivity index (χ0v) is 10.7. The van der Waals surface area contributed by atoms with Crippen molar-refractivity contribution in [2.75, 3.05) is 6.61 Å². The van der Waals surface area contributed by atoms with E-state index in [0.717, 1.165) is 6.42 Å². The number of rotatable bonds is 3. The molecule has 1 atom stereocenters. The summed E-state index contributed by atoms with van der Waals surface area (Å²) in [6, 6.07) is 6.36. The predicted octanol–water partition coefficient (Wildman–Crippen LogP) is 2.15. The highest BCUT2D eigenvalue weighted by molar-refractivity contribution is 5.34. The Morgan fingerprint density at radius 1 is 1.31 bits per heavy atom. The van der Waals surface area contributed by atoms with Gasteiger partial charge in [-0.05, 0) is 35.4 Å². The van der Waals surface area contributed by atoms with E-state index >= 15 is 0 Å². The third kappa shape index (κ3) is 3.32. The van der Waals surface area contributed by atoms with Gasteiger partial charge >= 0.3 is 0 Å². The van der Waals surface area contributed by atoms with Gasteiger partial charge in [0.1, 0.15) is 0 Å². The predicted molar refractivity (Wildman–Crippen MR) is 68.6 cm³/mol. The van der Waals surface area contributed by atoms with Crippen molar-refractivity contribution in [3.8, 4) is 0 Å². The van der Waals surface area contributed by atoms with E-state index in [2.05, 4.69) is 45.9 Å². The summed E-state index contributed by atoms with van der Waals surface area (Å²) in [6.07, 6.45) is 0.743. The van der Waals surface area contributed by atoms with Gasteiger partial charge in [-0.1, -0.05) is 39.0 Å². The molecule has 0 radical (unpaired) electrons. The van der Waals surface area contributed by atoms with Gasteiger partial charge in [0.05, 0.1) is 6.61 Å².